The van der Waals surface area contributed by atoms with E-state index in [1.54, 1.807) is 13.1 Å². The summed E-state index contributed by atoms with van der Waals surface area (Å²) in [4.78, 5) is 11.2. The van der Waals surface area contributed by atoms with Crippen molar-refractivity contribution in [3.63, 3.8) is 0 Å². The van der Waals surface area contributed by atoms with E-state index in [4.69, 9.17) is 4.74 Å². The molecule has 1 aromatic rings. The second-order valence-electron chi connectivity index (χ2n) is 4.11. The number of alkyl halides is 3. The van der Waals surface area contributed by atoms with Crippen LogP contribution >= 0.6 is 0 Å². The van der Waals surface area contributed by atoms with E-state index in [-0.39, 0.29) is 19.5 Å². The lowest BCUT2D eigenvalue weighted by Crippen LogP contribution is -2.18. The largest absolute Gasteiger partial charge is 0.465 e. The van der Waals surface area contributed by atoms with Crippen molar-refractivity contribution < 1.29 is 22.7 Å². The third-order valence-corrected chi connectivity index (χ3v) is 2.30. The highest BCUT2D eigenvalue weighted by Crippen LogP contribution is 2.20. The highest BCUT2D eigenvalue weighted by atomic mass is 19.4. The number of hydrogen-bond acceptors (Lipinski definition) is 5. The Bertz CT molecular complexity index is 420. The van der Waals surface area contributed by atoms with Gasteiger partial charge in [-0.05, 0) is 19.9 Å². The average Bonchev–Trinajstić information content (AvgIpc) is 2.75. The molecule has 0 aliphatic carbocycles. The quantitative estimate of drug-likeness (QED) is 0.577. The van der Waals surface area contributed by atoms with Crippen LogP contribution in [0.1, 0.15) is 25.5 Å². The molecular formula is C11H17F3N4O2. The predicted molar refractivity (Wildman–Crippen MR) is 63.7 cm³/mol. The van der Waals surface area contributed by atoms with Crippen LogP contribution in [0.25, 0.3) is 0 Å². The van der Waals surface area contributed by atoms with Gasteiger partial charge in [-0.15, -0.1) is 5.10 Å². The van der Waals surface area contributed by atoms with Crippen molar-refractivity contribution in [1.29, 1.82) is 0 Å². The zero-order chi connectivity index (χ0) is 15.0. The molecule has 114 valence electrons. The van der Waals surface area contributed by atoms with E-state index in [0.717, 1.165) is 0 Å². The van der Waals surface area contributed by atoms with Crippen LogP contribution in [0, 0.1) is 0 Å². The van der Waals surface area contributed by atoms with Gasteiger partial charge in [0, 0.05) is 13.0 Å². The fourth-order valence-corrected chi connectivity index (χ4v) is 1.47. The SMILES string of the molecule is CCOC(=O)Cn1cc(CNCCCC(F)(F)F)nn1. The third-order valence-electron chi connectivity index (χ3n) is 2.30. The maximum atomic E-state index is 11.9. The Morgan fingerprint density at radius 1 is 1.50 bits per heavy atom. The van der Waals surface area contributed by atoms with E-state index >= 15 is 0 Å². The summed E-state index contributed by atoms with van der Waals surface area (Å²) >= 11 is 0. The van der Waals surface area contributed by atoms with Crippen LogP contribution < -0.4 is 5.32 Å². The van der Waals surface area contributed by atoms with Gasteiger partial charge >= 0.3 is 12.1 Å². The van der Waals surface area contributed by atoms with Crippen LogP contribution in [0.3, 0.4) is 0 Å². The zero-order valence-corrected chi connectivity index (χ0v) is 11.1. The third kappa shape index (κ3) is 7.07. The Hall–Kier alpha value is -1.64. The monoisotopic (exact) mass is 294 g/mol. The number of hydrogen-bond donors (Lipinski definition) is 1. The Labute approximate surface area is 114 Å². The molecule has 0 saturated carbocycles. The first-order valence-electron chi connectivity index (χ1n) is 6.23. The highest BCUT2D eigenvalue weighted by molar-refractivity contribution is 5.68. The lowest BCUT2D eigenvalue weighted by molar-refractivity contribution is -0.144. The standard InChI is InChI=1S/C11H17F3N4O2/c1-2-20-10(19)8-18-7-9(16-17-18)6-15-5-3-4-11(12,13)14/h7,15H,2-6,8H2,1H3. The molecule has 1 heterocycles. The van der Waals surface area contributed by atoms with Crippen LogP contribution in [-0.4, -0.2) is 40.3 Å². The highest BCUT2D eigenvalue weighted by Gasteiger charge is 2.25. The molecule has 0 amide bonds. The number of rotatable bonds is 8. The molecule has 0 aliphatic heterocycles. The molecular weight excluding hydrogens is 277 g/mol. The minimum Gasteiger partial charge on any atom is -0.465 e. The number of carbonyl (C=O) groups is 1. The van der Waals surface area contributed by atoms with Gasteiger partial charge < -0.3 is 10.1 Å². The maximum Gasteiger partial charge on any atom is 0.389 e. The summed E-state index contributed by atoms with van der Waals surface area (Å²) < 4.78 is 41.8. The molecule has 0 saturated heterocycles. The Morgan fingerprint density at radius 2 is 2.25 bits per heavy atom. The van der Waals surface area contributed by atoms with Gasteiger partial charge in [0.15, 0.2) is 0 Å². The molecule has 0 spiro atoms. The van der Waals surface area contributed by atoms with Gasteiger partial charge in [0.05, 0.1) is 18.5 Å². The van der Waals surface area contributed by atoms with E-state index in [1.807, 2.05) is 0 Å². The molecule has 20 heavy (non-hydrogen) atoms. The van der Waals surface area contributed by atoms with E-state index in [1.165, 1.54) is 4.68 Å². The number of ether oxygens (including phenoxy) is 1. The molecule has 1 N–H and O–H groups in total. The summed E-state index contributed by atoms with van der Waals surface area (Å²) in [5, 5.41) is 10.4. The van der Waals surface area contributed by atoms with Gasteiger partial charge in [0.1, 0.15) is 6.54 Å². The first-order chi connectivity index (χ1) is 9.40. The van der Waals surface area contributed by atoms with E-state index in [2.05, 4.69) is 15.6 Å². The van der Waals surface area contributed by atoms with E-state index in [9.17, 15) is 18.0 Å². The molecule has 0 unspecified atom stereocenters. The number of nitrogens with zero attached hydrogens (tertiary/aromatic N) is 3. The van der Waals surface area contributed by atoms with Crippen molar-refractivity contribution in [3.8, 4) is 0 Å². The molecule has 1 rings (SSSR count). The summed E-state index contributed by atoms with van der Waals surface area (Å²) in [6, 6.07) is 0. The van der Waals surface area contributed by atoms with Crippen molar-refractivity contribution >= 4 is 5.97 Å². The van der Waals surface area contributed by atoms with Crippen molar-refractivity contribution in [2.45, 2.75) is 39.0 Å². The number of halogens is 3. The van der Waals surface area contributed by atoms with E-state index < -0.39 is 18.6 Å². The fraction of sp³-hybridized carbons (Fsp3) is 0.727. The summed E-state index contributed by atoms with van der Waals surface area (Å²) in [5.74, 6) is -0.415. The molecule has 6 nitrogen and oxygen atoms in total. The van der Waals surface area contributed by atoms with Crippen LogP contribution in [0.5, 0.6) is 0 Å². The first kappa shape index (κ1) is 16.4. The topological polar surface area (TPSA) is 69.0 Å². The predicted octanol–water partition coefficient (Wildman–Crippen LogP) is 1.27. The van der Waals surface area contributed by atoms with Gasteiger partial charge in [-0.3, -0.25) is 4.79 Å². The van der Waals surface area contributed by atoms with Crippen molar-refractivity contribution in [2.24, 2.45) is 0 Å². The Kier molecular flexibility index (Phi) is 6.43. The second-order valence-corrected chi connectivity index (χ2v) is 4.11. The smallest absolute Gasteiger partial charge is 0.389 e. The van der Waals surface area contributed by atoms with Crippen molar-refractivity contribution in [1.82, 2.24) is 20.3 Å². The van der Waals surface area contributed by atoms with Crippen LogP contribution in [0.4, 0.5) is 13.2 Å². The molecule has 0 aromatic carbocycles. The lowest BCUT2D eigenvalue weighted by Gasteiger charge is -2.05. The second kappa shape index (κ2) is 7.83. The van der Waals surface area contributed by atoms with Gasteiger partial charge in [-0.25, -0.2) is 4.68 Å². The first-order valence-corrected chi connectivity index (χ1v) is 6.23. The molecule has 0 fully saturated rings. The molecule has 0 aliphatic rings. The number of esters is 1. The average molecular weight is 294 g/mol. The molecule has 0 radical (unpaired) electrons. The Balaban J connectivity index is 2.22. The summed E-state index contributed by atoms with van der Waals surface area (Å²) in [7, 11) is 0. The van der Waals surface area contributed by atoms with Crippen molar-refractivity contribution in [3.05, 3.63) is 11.9 Å². The van der Waals surface area contributed by atoms with Gasteiger partial charge in [-0.2, -0.15) is 13.2 Å². The number of nitrogens with one attached hydrogen (secondary N) is 1. The van der Waals surface area contributed by atoms with Crippen molar-refractivity contribution in [2.75, 3.05) is 13.2 Å². The summed E-state index contributed by atoms with van der Waals surface area (Å²) in [5.41, 5.74) is 0.557. The van der Waals surface area contributed by atoms with Gasteiger partial charge in [0.2, 0.25) is 0 Å². The fourth-order valence-electron chi connectivity index (χ4n) is 1.47. The molecule has 0 atom stereocenters. The summed E-state index contributed by atoms with van der Waals surface area (Å²) in [6.07, 6.45) is -3.37. The Morgan fingerprint density at radius 3 is 2.90 bits per heavy atom. The lowest BCUT2D eigenvalue weighted by atomic mass is 10.3. The van der Waals surface area contributed by atoms with Gasteiger partial charge in [0.25, 0.3) is 0 Å². The number of aromatic nitrogens is 3. The zero-order valence-electron chi connectivity index (χ0n) is 11.1. The summed E-state index contributed by atoms with van der Waals surface area (Å²) in [6.45, 7) is 2.51. The molecule has 1 aromatic heterocycles. The minimum absolute atomic E-state index is 0.0143. The number of carbonyl (C=O) groups excluding carboxylic acids is 1. The minimum atomic E-state index is -4.12. The van der Waals surface area contributed by atoms with Crippen LogP contribution in [-0.2, 0) is 22.6 Å². The van der Waals surface area contributed by atoms with Crippen LogP contribution in [0.2, 0.25) is 0 Å². The maximum absolute atomic E-state index is 11.9. The van der Waals surface area contributed by atoms with Gasteiger partial charge in [-0.1, -0.05) is 5.21 Å². The molecule has 0 bridgehead atoms. The molecule has 9 heteroatoms. The van der Waals surface area contributed by atoms with E-state index in [0.29, 0.717) is 18.8 Å². The van der Waals surface area contributed by atoms with Crippen LogP contribution in [0.15, 0.2) is 6.20 Å². The normalized spacial score (nSPS) is 11.6.